The van der Waals surface area contributed by atoms with E-state index in [4.69, 9.17) is 19.9 Å². The van der Waals surface area contributed by atoms with E-state index in [1.807, 2.05) is 72.7 Å². The number of imidazole rings is 1. The van der Waals surface area contributed by atoms with Gasteiger partial charge in [-0.05, 0) is 88.5 Å². The van der Waals surface area contributed by atoms with Crippen LogP contribution in [0.15, 0.2) is 73.2 Å². The molecule has 5 unspecified atom stereocenters. The summed E-state index contributed by atoms with van der Waals surface area (Å²) < 4.78 is 34.3. The van der Waals surface area contributed by atoms with Crippen molar-refractivity contribution >= 4 is 49.4 Å². The summed E-state index contributed by atoms with van der Waals surface area (Å²) in [6.45, 7) is 17.7. The topological polar surface area (TPSA) is 352 Å². The molecule has 0 saturated heterocycles. The monoisotopic (exact) mass is 1150 g/mol. The minimum atomic E-state index is -5.15. The molecule has 81 heavy (non-hydrogen) atoms. The Morgan fingerprint density at radius 1 is 0.827 bits per heavy atom. The van der Waals surface area contributed by atoms with Gasteiger partial charge in [-0.2, -0.15) is 0 Å². The molecule has 0 aliphatic heterocycles. The van der Waals surface area contributed by atoms with Crippen molar-refractivity contribution < 1.29 is 71.8 Å². The zero-order valence-electron chi connectivity index (χ0n) is 47.8. The van der Waals surface area contributed by atoms with E-state index in [0.29, 0.717) is 38.1 Å². The quantitative estimate of drug-likeness (QED) is 0.0225. The highest BCUT2D eigenvalue weighted by atomic mass is 31.2. The standard InChI is InChI=1S/C56H84N9O15P/c1-10-11-16-25-65(48(68)21-26-78-56(8,9)23-27-79-55(6,7)22-24-59-54(73)77-33-43-41-19-14-12-17-39(41)40-18-13-15-20-42(40)43)31-47(67)61-44(28-35(2)3)51(70)62-45(29-38-30-58-34-60-38)52(71)63-46(32-66)53(72)64-49(36(4)50(57)69)37(5)80-81(74,75)76/h12-15,17-20,30,34-35,37,43-46,49,66H,4,10-11,16,21-29,31-33H2,1-3,5-9H3,(H2,57,69)(H,58,60)(H,59,73)(H,61,67)(H,62,70)(H,63,71)(H,64,72)(H2,74,75,76). The second-order valence-electron chi connectivity index (χ2n) is 21.8. The number of phosphoric ester groups is 1. The molecule has 0 fully saturated rings. The number of aromatic nitrogens is 2. The molecule has 1 heterocycles. The van der Waals surface area contributed by atoms with Crippen molar-refractivity contribution in [1.82, 2.24) is 41.5 Å². The van der Waals surface area contributed by atoms with Gasteiger partial charge < -0.3 is 71.3 Å². The molecular weight excluding hydrogens is 1070 g/mol. The van der Waals surface area contributed by atoms with Gasteiger partial charge in [0.25, 0.3) is 0 Å². The largest absolute Gasteiger partial charge is 0.469 e. The third-order valence-electron chi connectivity index (χ3n) is 13.6. The van der Waals surface area contributed by atoms with E-state index >= 15 is 0 Å². The Balaban J connectivity index is 1.29. The molecule has 1 aromatic heterocycles. The predicted octanol–water partition coefficient (Wildman–Crippen LogP) is 3.79. The zero-order valence-corrected chi connectivity index (χ0v) is 48.7. The number of benzene rings is 2. The summed E-state index contributed by atoms with van der Waals surface area (Å²) >= 11 is 0. The highest BCUT2D eigenvalue weighted by Gasteiger charge is 2.36. The van der Waals surface area contributed by atoms with Gasteiger partial charge in [-0.25, -0.2) is 14.3 Å². The van der Waals surface area contributed by atoms with Crippen LogP contribution in [0.5, 0.6) is 0 Å². The molecule has 25 heteroatoms. The number of alkyl carbamates (subject to hydrolysis) is 1. The summed E-state index contributed by atoms with van der Waals surface area (Å²) in [6.07, 6.45) is 3.80. The molecular formula is C56H84N9O15P. The van der Waals surface area contributed by atoms with Gasteiger partial charge in [-0.3, -0.25) is 33.3 Å². The first-order valence-corrected chi connectivity index (χ1v) is 28.8. The number of carbonyl (C=O) groups excluding carboxylic acids is 7. The number of nitrogens with zero attached hydrogens (tertiary/aromatic N) is 2. The van der Waals surface area contributed by atoms with Crippen molar-refractivity contribution in [2.24, 2.45) is 11.7 Å². The summed E-state index contributed by atoms with van der Waals surface area (Å²) in [7, 11) is -5.15. The molecule has 0 spiro atoms. The number of hydrogen-bond donors (Lipinski definition) is 10. The number of hydrogen-bond acceptors (Lipinski definition) is 14. The highest BCUT2D eigenvalue weighted by Crippen LogP contribution is 2.44. The third kappa shape index (κ3) is 22.4. The predicted molar refractivity (Wildman–Crippen MR) is 301 cm³/mol. The average Bonchev–Trinajstić information content (AvgIpc) is 4.07. The Morgan fingerprint density at radius 3 is 2.00 bits per heavy atom. The molecule has 11 N–H and O–H groups in total. The third-order valence-corrected chi connectivity index (χ3v) is 14.2. The number of carbonyl (C=O) groups is 7. The molecule has 3 aromatic rings. The van der Waals surface area contributed by atoms with Crippen molar-refractivity contribution in [2.75, 3.05) is 46.1 Å². The summed E-state index contributed by atoms with van der Waals surface area (Å²) in [5.74, 6) is -5.19. The van der Waals surface area contributed by atoms with Crippen molar-refractivity contribution in [3.8, 4) is 11.1 Å². The summed E-state index contributed by atoms with van der Waals surface area (Å²) in [5, 5.41) is 23.0. The summed E-state index contributed by atoms with van der Waals surface area (Å²) in [5.41, 5.74) is 8.49. The molecule has 1 aliphatic carbocycles. The smallest absolute Gasteiger partial charge is 0.449 e. The fourth-order valence-electron chi connectivity index (χ4n) is 9.10. The first-order chi connectivity index (χ1) is 38.1. The lowest BCUT2D eigenvalue weighted by atomic mass is 9.98. The normalized spacial score (nSPS) is 14.3. The number of amides is 7. The molecule has 0 radical (unpaired) electrons. The number of primary amides is 1. The lowest BCUT2D eigenvalue weighted by Crippen LogP contribution is -2.60. The molecule has 7 amide bonds. The van der Waals surface area contributed by atoms with Gasteiger partial charge in [0.2, 0.25) is 35.4 Å². The second-order valence-corrected chi connectivity index (χ2v) is 22.9. The Morgan fingerprint density at radius 2 is 1.42 bits per heavy atom. The molecule has 0 bridgehead atoms. The van der Waals surface area contributed by atoms with Gasteiger partial charge in [0.05, 0.1) is 62.5 Å². The van der Waals surface area contributed by atoms with Crippen molar-refractivity contribution in [2.45, 2.75) is 154 Å². The molecule has 24 nitrogen and oxygen atoms in total. The van der Waals surface area contributed by atoms with Gasteiger partial charge in [-0.15, -0.1) is 0 Å². The van der Waals surface area contributed by atoms with Crippen LogP contribution in [0.2, 0.25) is 0 Å². The number of H-pyrrole nitrogens is 1. The highest BCUT2D eigenvalue weighted by molar-refractivity contribution is 7.46. The average molecular weight is 1150 g/mol. The number of rotatable bonds is 36. The zero-order chi connectivity index (χ0) is 60.1. The van der Waals surface area contributed by atoms with Crippen LogP contribution in [0.3, 0.4) is 0 Å². The van der Waals surface area contributed by atoms with Crippen molar-refractivity contribution in [3.05, 3.63) is 90.0 Å². The first-order valence-electron chi connectivity index (χ1n) is 27.3. The van der Waals surface area contributed by atoms with Gasteiger partial charge in [-0.1, -0.05) is 88.7 Å². The van der Waals surface area contributed by atoms with E-state index in [1.54, 1.807) is 0 Å². The number of nitrogens with one attached hydrogen (secondary N) is 6. The molecule has 4 rings (SSSR count). The van der Waals surface area contributed by atoms with Gasteiger partial charge >= 0.3 is 13.9 Å². The number of unbranched alkanes of at least 4 members (excludes halogenated alkanes) is 2. The fraction of sp³-hybridized carbons (Fsp3) is 0.571. The van der Waals surface area contributed by atoms with E-state index < -0.39 is 97.1 Å². The maximum absolute atomic E-state index is 14.1. The summed E-state index contributed by atoms with van der Waals surface area (Å²) in [4.78, 5) is 121. The SMILES string of the molecule is C=C(C(N)=O)C(NC(=O)C(CO)NC(=O)C(Cc1cnc[nH]1)NC(=O)C(CC(C)C)NC(=O)CN(CCCCC)C(=O)CCOC(C)(C)CCOC(C)(C)CCNC(=O)OCC1c2ccccc2-c2ccccc21)C(C)OP(=O)(O)O. The van der Waals surface area contributed by atoms with E-state index in [-0.39, 0.29) is 63.3 Å². The lowest BCUT2D eigenvalue weighted by molar-refractivity contribution is -0.139. The molecule has 0 saturated carbocycles. The Kier molecular flexibility index (Phi) is 26.1. The van der Waals surface area contributed by atoms with Crippen molar-refractivity contribution in [3.63, 3.8) is 0 Å². The van der Waals surface area contributed by atoms with Gasteiger partial charge in [0.1, 0.15) is 24.7 Å². The first kappa shape index (κ1) is 67.0. The molecule has 5 atom stereocenters. The minimum absolute atomic E-state index is 0.0371. The summed E-state index contributed by atoms with van der Waals surface area (Å²) in [6, 6.07) is 10.3. The van der Waals surface area contributed by atoms with Gasteiger partial charge in [0.15, 0.2) is 0 Å². The van der Waals surface area contributed by atoms with E-state index in [1.165, 1.54) is 17.4 Å². The van der Waals surface area contributed by atoms with Crippen LogP contribution in [0, 0.1) is 5.92 Å². The van der Waals surface area contributed by atoms with Crippen LogP contribution in [0.25, 0.3) is 11.1 Å². The maximum atomic E-state index is 14.1. The van der Waals surface area contributed by atoms with Crippen LogP contribution in [-0.4, -0.2) is 159 Å². The van der Waals surface area contributed by atoms with Crippen LogP contribution in [0.1, 0.15) is 123 Å². The van der Waals surface area contributed by atoms with E-state index in [9.17, 15) is 53.0 Å². The number of aliphatic hydroxyl groups excluding tert-OH is 1. The van der Waals surface area contributed by atoms with E-state index in [0.717, 1.165) is 42.0 Å². The number of phosphoric acid groups is 1. The lowest BCUT2D eigenvalue weighted by Gasteiger charge is -2.30. The van der Waals surface area contributed by atoms with E-state index in [2.05, 4.69) is 71.9 Å². The Labute approximate surface area is 474 Å². The number of aromatic amines is 1. The number of ether oxygens (including phenoxy) is 3. The number of fused-ring (bicyclic) bond motifs is 3. The fourth-order valence-corrected chi connectivity index (χ4v) is 9.66. The second kappa shape index (κ2) is 31.6. The minimum Gasteiger partial charge on any atom is -0.449 e. The van der Waals surface area contributed by atoms with Crippen LogP contribution in [0.4, 0.5) is 4.79 Å². The van der Waals surface area contributed by atoms with Crippen LogP contribution < -0.4 is 32.3 Å². The number of nitrogens with two attached hydrogens (primary N) is 1. The van der Waals surface area contributed by atoms with Crippen LogP contribution in [-0.2, 0) is 58.5 Å². The molecule has 1 aliphatic rings. The van der Waals surface area contributed by atoms with Gasteiger partial charge in [0, 0.05) is 42.9 Å². The maximum Gasteiger partial charge on any atom is 0.469 e. The molecule has 448 valence electrons. The Hall–Kier alpha value is -6.53. The van der Waals surface area contributed by atoms with Crippen molar-refractivity contribution in [1.29, 1.82) is 0 Å². The Bertz CT molecular complexity index is 2600. The molecule has 2 aromatic carbocycles. The number of aliphatic hydroxyl groups is 1. The van der Waals surface area contributed by atoms with Crippen LogP contribution >= 0.6 is 7.82 Å².